The number of carbonyl (C=O) groups excluding carboxylic acids is 1. The van der Waals surface area contributed by atoms with Crippen molar-refractivity contribution in [3.05, 3.63) is 45.1 Å². The average molecular weight is 369 g/mol. The van der Waals surface area contributed by atoms with E-state index >= 15 is 0 Å². The van der Waals surface area contributed by atoms with Crippen molar-refractivity contribution in [2.45, 2.75) is 56.5 Å². The van der Waals surface area contributed by atoms with Gasteiger partial charge in [0.05, 0.1) is 24.9 Å². The summed E-state index contributed by atoms with van der Waals surface area (Å²) in [5.41, 5.74) is 3.34. The largest absolute Gasteiger partial charge is 0.377 e. The lowest BCUT2D eigenvalue weighted by atomic mass is 9.97. The molecule has 8 heteroatoms. The second-order valence-electron chi connectivity index (χ2n) is 7.77. The van der Waals surface area contributed by atoms with Gasteiger partial charge in [-0.15, -0.1) is 0 Å². The monoisotopic (exact) mass is 369 g/mol. The highest BCUT2D eigenvalue weighted by molar-refractivity contribution is 5.92. The lowest BCUT2D eigenvalue weighted by molar-refractivity contribution is 0.0919. The van der Waals surface area contributed by atoms with E-state index in [2.05, 4.69) is 20.6 Å². The van der Waals surface area contributed by atoms with Gasteiger partial charge < -0.3 is 10.1 Å². The van der Waals surface area contributed by atoms with E-state index < -0.39 is 0 Å². The summed E-state index contributed by atoms with van der Waals surface area (Å²) in [6, 6.07) is 2.93. The van der Waals surface area contributed by atoms with E-state index in [4.69, 9.17) is 4.74 Å². The molecule has 142 valence electrons. The Morgan fingerprint density at radius 2 is 2.07 bits per heavy atom. The molecule has 1 saturated carbocycles. The van der Waals surface area contributed by atoms with Crippen LogP contribution in [0.25, 0.3) is 0 Å². The van der Waals surface area contributed by atoms with Crippen molar-refractivity contribution < 1.29 is 9.53 Å². The number of nitrogens with one attached hydrogen (secondary N) is 2. The van der Waals surface area contributed by atoms with Crippen LogP contribution in [0.1, 0.15) is 65.1 Å². The Morgan fingerprint density at radius 3 is 2.93 bits per heavy atom. The number of hydrogen-bond acceptors (Lipinski definition) is 5. The molecule has 27 heavy (non-hydrogen) atoms. The number of aromatic nitrogens is 4. The van der Waals surface area contributed by atoms with E-state index in [1.54, 1.807) is 6.07 Å². The Labute approximate surface area is 156 Å². The van der Waals surface area contributed by atoms with Gasteiger partial charge in [0, 0.05) is 17.7 Å². The SMILES string of the molecule is O=C(NC1COCC1n1nc2c(cc1=O)CCCC2)c1cc(C2CC2)[nH]n1. The molecule has 1 saturated heterocycles. The molecule has 5 rings (SSSR count). The molecule has 2 fully saturated rings. The third kappa shape index (κ3) is 3.18. The number of aryl methyl sites for hydroxylation is 2. The summed E-state index contributed by atoms with van der Waals surface area (Å²) >= 11 is 0. The van der Waals surface area contributed by atoms with E-state index in [0.717, 1.165) is 55.5 Å². The van der Waals surface area contributed by atoms with Gasteiger partial charge in [-0.25, -0.2) is 4.68 Å². The van der Waals surface area contributed by atoms with Crippen LogP contribution in [-0.2, 0) is 17.6 Å². The number of aromatic amines is 1. The van der Waals surface area contributed by atoms with Gasteiger partial charge >= 0.3 is 0 Å². The first-order chi connectivity index (χ1) is 13.2. The van der Waals surface area contributed by atoms with Crippen LogP contribution in [0.3, 0.4) is 0 Å². The molecule has 0 radical (unpaired) electrons. The molecule has 3 aliphatic rings. The lowest BCUT2D eigenvalue weighted by Crippen LogP contribution is -2.44. The average Bonchev–Trinajstić information content (AvgIpc) is 3.22. The smallest absolute Gasteiger partial charge is 0.272 e. The summed E-state index contributed by atoms with van der Waals surface area (Å²) in [6.45, 7) is 0.728. The summed E-state index contributed by atoms with van der Waals surface area (Å²) in [6.07, 6.45) is 6.32. The Bertz CT molecular complexity index is 930. The molecule has 0 aromatic carbocycles. The standard InChI is InChI=1S/C19H23N5O3/c25-18-7-12-3-1-2-4-13(12)23-24(18)17-10-27-9-16(17)20-19(26)15-8-14(21-22-15)11-5-6-11/h7-8,11,16-17H,1-6,9-10H2,(H,20,26)(H,21,22). The van der Waals surface area contributed by atoms with Crippen molar-refractivity contribution in [1.29, 1.82) is 0 Å². The van der Waals surface area contributed by atoms with Gasteiger partial charge in [-0.1, -0.05) is 0 Å². The number of nitrogens with zero attached hydrogens (tertiary/aromatic N) is 3. The van der Waals surface area contributed by atoms with Crippen LogP contribution in [0, 0.1) is 0 Å². The summed E-state index contributed by atoms with van der Waals surface area (Å²) in [5, 5.41) is 14.7. The lowest BCUT2D eigenvalue weighted by Gasteiger charge is -2.22. The van der Waals surface area contributed by atoms with E-state index in [1.165, 1.54) is 4.68 Å². The summed E-state index contributed by atoms with van der Waals surface area (Å²) < 4.78 is 7.07. The van der Waals surface area contributed by atoms with Crippen LogP contribution < -0.4 is 10.9 Å². The summed E-state index contributed by atoms with van der Waals surface area (Å²) in [4.78, 5) is 25.2. The fraction of sp³-hybridized carbons (Fsp3) is 0.579. The maximum absolute atomic E-state index is 12.6. The molecular weight excluding hydrogens is 346 g/mol. The maximum Gasteiger partial charge on any atom is 0.272 e. The van der Waals surface area contributed by atoms with Gasteiger partial charge in [-0.05, 0) is 50.2 Å². The van der Waals surface area contributed by atoms with Gasteiger partial charge in [-0.3, -0.25) is 14.7 Å². The topological polar surface area (TPSA) is 102 Å². The molecule has 2 atom stereocenters. The second-order valence-corrected chi connectivity index (χ2v) is 7.77. The number of H-pyrrole nitrogens is 1. The number of ether oxygens (including phenoxy) is 1. The Morgan fingerprint density at radius 1 is 1.22 bits per heavy atom. The molecule has 8 nitrogen and oxygen atoms in total. The number of hydrogen-bond donors (Lipinski definition) is 2. The zero-order valence-corrected chi connectivity index (χ0v) is 15.1. The van der Waals surface area contributed by atoms with Crippen LogP contribution in [0.4, 0.5) is 0 Å². The molecular formula is C19H23N5O3. The van der Waals surface area contributed by atoms with E-state index in [-0.39, 0.29) is 23.6 Å². The molecule has 2 aliphatic carbocycles. The van der Waals surface area contributed by atoms with Crippen LogP contribution >= 0.6 is 0 Å². The summed E-state index contributed by atoms with van der Waals surface area (Å²) in [5.74, 6) is 0.268. The number of amides is 1. The van der Waals surface area contributed by atoms with Crippen LogP contribution in [0.2, 0.25) is 0 Å². The highest BCUT2D eigenvalue weighted by Crippen LogP contribution is 2.39. The fourth-order valence-corrected chi connectivity index (χ4v) is 4.04. The van der Waals surface area contributed by atoms with Gasteiger partial charge in [-0.2, -0.15) is 10.2 Å². The first-order valence-corrected chi connectivity index (χ1v) is 9.74. The third-order valence-electron chi connectivity index (χ3n) is 5.76. The number of carbonyl (C=O) groups is 1. The van der Waals surface area contributed by atoms with Gasteiger partial charge in [0.15, 0.2) is 0 Å². The molecule has 3 heterocycles. The summed E-state index contributed by atoms with van der Waals surface area (Å²) in [7, 11) is 0. The third-order valence-corrected chi connectivity index (χ3v) is 5.76. The van der Waals surface area contributed by atoms with Crippen LogP contribution in [0.15, 0.2) is 16.9 Å². The van der Waals surface area contributed by atoms with E-state index in [0.29, 0.717) is 24.8 Å². The van der Waals surface area contributed by atoms with Crippen molar-refractivity contribution in [1.82, 2.24) is 25.3 Å². The zero-order chi connectivity index (χ0) is 18.4. The minimum atomic E-state index is -0.301. The molecule has 2 aromatic heterocycles. The molecule has 1 amide bonds. The highest BCUT2D eigenvalue weighted by Gasteiger charge is 2.34. The van der Waals surface area contributed by atoms with Gasteiger partial charge in [0.2, 0.25) is 0 Å². The van der Waals surface area contributed by atoms with Crippen molar-refractivity contribution in [2.75, 3.05) is 13.2 Å². The number of fused-ring (bicyclic) bond motifs is 1. The Kier molecular flexibility index (Phi) is 4.07. The first-order valence-electron chi connectivity index (χ1n) is 9.74. The number of rotatable bonds is 4. The van der Waals surface area contributed by atoms with E-state index in [9.17, 15) is 9.59 Å². The van der Waals surface area contributed by atoms with Gasteiger partial charge in [0.1, 0.15) is 11.7 Å². The van der Waals surface area contributed by atoms with Crippen LogP contribution in [0.5, 0.6) is 0 Å². The van der Waals surface area contributed by atoms with Crippen molar-refractivity contribution in [2.24, 2.45) is 0 Å². The van der Waals surface area contributed by atoms with Crippen molar-refractivity contribution in [3.63, 3.8) is 0 Å². The Hall–Kier alpha value is -2.48. The highest BCUT2D eigenvalue weighted by atomic mass is 16.5. The van der Waals surface area contributed by atoms with Crippen molar-refractivity contribution >= 4 is 5.91 Å². The minimum Gasteiger partial charge on any atom is -0.377 e. The molecule has 2 unspecified atom stereocenters. The Balaban J connectivity index is 1.35. The van der Waals surface area contributed by atoms with Crippen LogP contribution in [-0.4, -0.2) is 45.1 Å². The zero-order valence-electron chi connectivity index (χ0n) is 15.1. The van der Waals surface area contributed by atoms with E-state index in [1.807, 2.05) is 6.07 Å². The minimum absolute atomic E-state index is 0.124. The predicted octanol–water partition coefficient (Wildman–Crippen LogP) is 1.09. The fourth-order valence-electron chi connectivity index (χ4n) is 4.04. The predicted molar refractivity (Wildman–Crippen MR) is 96.8 cm³/mol. The molecule has 2 N–H and O–H groups in total. The molecule has 0 spiro atoms. The first kappa shape index (κ1) is 16.7. The molecule has 1 aliphatic heterocycles. The van der Waals surface area contributed by atoms with Crippen molar-refractivity contribution in [3.8, 4) is 0 Å². The molecule has 0 bridgehead atoms. The quantitative estimate of drug-likeness (QED) is 0.840. The second kappa shape index (κ2) is 6.60. The van der Waals surface area contributed by atoms with Gasteiger partial charge in [0.25, 0.3) is 11.5 Å². The molecule has 2 aromatic rings. The normalized spacial score (nSPS) is 24.6. The maximum atomic E-state index is 12.6.